The molecule has 0 bridgehead atoms. The van der Waals surface area contributed by atoms with Gasteiger partial charge in [0.1, 0.15) is 17.7 Å². The van der Waals surface area contributed by atoms with Crippen LogP contribution in [0.3, 0.4) is 0 Å². The Morgan fingerprint density at radius 1 is 0.906 bits per heavy atom. The van der Waals surface area contributed by atoms with Crippen LogP contribution in [0.2, 0.25) is 0 Å². The van der Waals surface area contributed by atoms with Gasteiger partial charge < -0.3 is 10.6 Å². The van der Waals surface area contributed by atoms with Crippen molar-refractivity contribution in [3.05, 3.63) is 95.6 Å². The molecule has 3 rings (SSSR count). The third-order valence-corrected chi connectivity index (χ3v) is 5.08. The zero-order valence-corrected chi connectivity index (χ0v) is 18.3. The molecule has 3 aromatic rings. The zero-order chi connectivity index (χ0) is 23.3. The van der Waals surface area contributed by atoms with Crippen LogP contribution in [0.15, 0.2) is 72.8 Å². The molecule has 0 spiro atoms. The van der Waals surface area contributed by atoms with Crippen LogP contribution in [0.25, 0.3) is 11.1 Å². The molecule has 0 aliphatic rings. The van der Waals surface area contributed by atoms with Gasteiger partial charge in [-0.05, 0) is 68.1 Å². The minimum absolute atomic E-state index is 0.130. The van der Waals surface area contributed by atoms with Gasteiger partial charge in [0, 0.05) is 5.54 Å². The third kappa shape index (κ3) is 6.00. The Morgan fingerprint density at radius 3 is 2.19 bits per heavy atom. The van der Waals surface area contributed by atoms with Crippen LogP contribution >= 0.6 is 0 Å². The molecule has 2 amide bonds. The molecule has 32 heavy (non-hydrogen) atoms. The minimum Gasteiger partial charge on any atom is -0.349 e. The van der Waals surface area contributed by atoms with Crippen molar-refractivity contribution in [1.29, 1.82) is 0 Å². The molecular formula is C26H26F2N2O2. The van der Waals surface area contributed by atoms with Crippen molar-refractivity contribution in [2.24, 2.45) is 0 Å². The van der Waals surface area contributed by atoms with Crippen LogP contribution in [0.5, 0.6) is 0 Å². The predicted octanol–water partition coefficient (Wildman–Crippen LogP) is 4.89. The van der Waals surface area contributed by atoms with E-state index in [1.54, 1.807) is 18.2 Å². The van der Waals surface area contributed by atoms with Crippen molar-refractivity contribution in [2.45, 2.75) is 38.8 Å². The lowest BCUT2D eigenvalue weighted by molar-refractivity contribution is -0.124. The van der Waals surface area contributed by atoms with Gasteiger partial charge in [-0.1, -0.05) is 48.5 Å². The Bertz CT molecular complexity index is 1100. The fraction of sp³-hybridized carbons (Fsp3) is 0.231. The van der Waals surface area contributed by atoms with Gasteiger partial charge in [-0.3, -0.25) is 9.59 Å². The van der Waals surface area contributed by atoms with Crippen LogP contribution in [-0.4, -0.2) is 23.4 Å². The first-order valence-corrected chi connectivity index (χ1v) is 10.4. The van der Waals surface area contributed by atoms with Crippen LogP contribution in [0.1, 0.15) is 36.7 Å². The second kappa shape index (κ2) is 9.73. The van der Waals surface area contributed by atoms with Crippen molar-refractivity contribution in [3.63, 3.8) is 0 Å². The summed E-state index contributed by atoms with van der Waals surface area (Å²) in [4.78, 5) is 25.2. The van der Waals surface area contributed by atoms with Gasteiger partial charge in [-0.2, -0.15) is 0 Å². The van der Waals surface area contributed by atoms with Gasteiger partial charge in [0.05, 0.1) is 5.56 Å². The molecule has 2 N–H and O–H groups in total. The molecule has 0 heterocycles. The SMILES string of the molecule is CC(NC(=O)c1ccc(-c2ccccc2)cc1F)C(=O)NC(C)(C)Cc1ccc(F)cc1. The number of carbonyl (C=O) groups is 2. The molecule has 0 aliphatic carbocycles. The summed E-state index contributed by atoms with van der Waals surface area (Å²) < 4.78 is 27.7. The van der Waals surface area contributed by atoms with E-state index in [2.05, 4.69) is 10.6 Å². The Balaban J connectivity index is 1.62. The second-order valence-electron chi connectivity index (χ2n) is 8.43. The van der Waals surface area contributed by atoms with Crippen molar-refractivity contribution in [1.82, 2.24) is 10.6 Å². The summed E-state index contributed by atoms with van der Waals surface area (Å²) in [6.45, 7) is 5.22. The highest BCUT2D eigenvalue weighted by Crippen LogP contribution is 2.22. The highest BCUT2D eigenvalue weighted by Gasteiger charge is 2.25. The normalized spacial score (nSPS) is 12.2. The van der Waals surface area contributed by atoms with Crippen molar-refractivity contribution in [2.75, 3.05) is 0 Å². The largest absolute Gasteiger partial charge is 0.349 e. The molecule has 6 heteroatoms. The van der Waals surface area contributed by atoms with Gasteiger partial charge >= 0.3 is 0 Å². The van der Waals surface area contributed by atoms with E-state index in [4.69, 9.17) is 0 Å². The lowest BCUT2D eigenvalue weighted by Crippen LogP contribution is -2.53. The number of amides is 2. The maximum Gasteiger partial charge on any atom is 0.254 e. The Hall–Kier alpha value is -3.54. The number of benzene rings is 3. The first-order valence-electron chi connectivity index (χ1n) is 10.4. The van der Waals surface area contributed by atoms with Crippen molar-refractivity contribution >= 4 is 11.8 Å². The Labute approximate surface area is 186 Å². The fourth-order valence-corrected chi connectivity index (χ4v) is 3.45. The minimum atomic E-state index is -0.872. The molecule has 0 aromatic heterocycles. The average Bonchev–Trinajstić information content (AvgIpc) is 2.75. The van der Waals surface area contributed by atoms with Gasteiger partial charge in [-0.15, -0.1) is 0 Å². The quantitative estimate of drug-likeness (QED) is 0.554. The van der Waals surface area contributed by atoms with Crippen LogP contribution < -0.4 is 10.6 Å². The summed E-state index contributed by atoms with van der Waals surface area (Å²) in [5, 5.41) is 5.43. The van der Waals surface area contributed by atoms with Gasteiger partial charge in [0.15, 0.2) is 0 Å². The van der Waals surface area contributed by atoms with Crippen LogP contribution in [0, 0.1) is 11.6 Å². The van der Waals surface area contributed by atoms with Crippen LogP contribution in [0.4, 0.5) is 8.78 Å². The highest BCUT2D eigenvalue weighted by atomic mass is 19.1. The second-order valence-corrected chi connectivity index (χ2v) is 8.43. The molecular weight excluding hydrogens is 410 g/mol. The Morgan fingerprint density at radius 2 is 1.56 bits per heavy atom. The maximum atomic E-state index is 14.6. The predicted molar refractivity (Wildman–Crippen MR) is 121 cm³/mol. The number of hydrogen-bond donors (Lipinski definition) is 2. The number of rotatable bonds is 7. The van der Waals surface area contributed by atoms with E-state index in [0.29, 0.717) is 12.0 Å². The molecule has 166 valence electrons. The maximum absolute atomic E-state index is 14.6. The first kappa shape index (κ1) is 23.1. The molecule has 0 fully saturated rings. The van der Waals surface area contributed by atoms with E-state index >= 15 is 0 Å². The van der Waals surface area contributed by atoms with Gasteiger partial charge in [0.25, 0.3) is 5.91 Å². The standard InChI is InChI=1S/C26H26F2N2O2/c1-17(24(31)30-26(2,3)16-18-9-12-21(27)13-10-18)29-25(32)22-14-11-20(15-23(22)28)19-7-5-4-6-8-19/h4-15,17H,16H2,1-3H3,(H,29,32)(H,30,31). The molecule has 0 aliphatic heterocycles. The molecule has 0 radical (unpaired) electrons. The van der Waals surface area contributed by atoms with E-state index in [9.17, 15) is 18.4 Å². The van der Waals surface area contributed by atoms with E-state index in [0.717, 1.165) is 11.1 Å². The summed E-state index contributed by atoms with van der Waals surface area (Å²) >= 11 is 0. The monoisotopic (exact) mass is 436 g/mol. The Kier molecular flexibility index (Phi) is 7.03. The van der Waals surface area contributed by atoms with E-state index in [-0.39, 0.29) is 11.4 Å². The highest BCUT2D eigenvalue weighted by molar-refractivity contribution is 5.98. The fourth-order valence-electron chi connectivity index (χ4n) is 3.45. The number of halogens is 2. The van der Waals surface area contributed by atoms with E-state index in [1.807, 2.05) is 44.2 Å². The molecule has 1 atom stereocenters. The van der Waals surface area contributed by atoms with Crippen molar-refractivity contribution in [3.8, 4) is 11.1 Å². The van der Waals surface area contributed by atoms with Crippen molar-refractivity contribution < 1.29 is 18.4 Å². The van der Waals surface area contributed by atoms with Gasteiger partial charge in [0.2, 0.25) is 5.91 Å². The summed E-state index contributed by atoms with van der Waals surface area (Å²) in [6.07, 6.45) is 0.481. The number of hydrogen-bond acceptors (Lipinski definition) is 2. The van der Waals surface area contributed by atoms with E-state index in [1.165, 1.54) is 31.2 Å². The molecule has 0 saturated heterocycles. The number of nitrogens with one attached hydrogen (secondary N) is 2. The third-order valence-electron chi connectivity index (χ3n) is 5.08. The zero-order valence-electron chi connectivity index (χ0n) is 18.3. The van der Waals surface area contributed by atoms with Gasteiger partial charge in [-0.25, -0.2) is 8.78 Å². The molecule has 1 unspecified atom stereocenters. The average molecular weight is 437 g/mol. The smallest absolute Gasteiger partial charge is 0.254 e. The lowest BCUT2D eigenvalue weighted by Gasteiger charge is -2.28. The lowest BCUT2D eigenvalue weighted by atomic mass is 9.94. The first-order chi connectivity index (χ1) is 15.1. The summed E-state index contributed by atoms with van der Waals surface area (Å²) in [6, 6.07) is 18.9. The summed E-state index contributed by atoms with van der Waals surface area (Å²) in [7, 11) is 0. The van der Waals surface area contributed by atoms with E-state index < -0.39 is 29.2 Å². The molecule has 0 saturated carbocycles. The topological polar surface area (TPSA) is 58.2 Å². The summed E-state index contributed by atoms with van der Waals surface area (Å²) in [5.41, 5.74) is 1.61. The molecule has 4 nitrogen and oxygen atoms in total. The van der Waals surface area contributed by atoms with Crippen LogP contribution in [-0.2, 0) is 11.2 Å². The molecule has 3 aromatic carbocycles. The number of carbonyl (C=O) groups excluding carboxylic acids is 2. The summed E-state index contributed by atoms with van der Waals surface area (Å²) in [5.74, 6) is -2.04.